The molecule has 3 heteroatoms. The van der Waals surface area contributed by atoms with Crippen molar-refractivity contribution in [2.75, 3.05) is 12.3 Å². The van der Waals surface area contributed by atoms with Crippen molar-refractivity contribution in [2.45, 2.75) is 18.4 Å². The zero-order valence-corrected chi connectivity index (χ0v) is 10.8. The molecule has 0 aliphatic carbocycles. The number of rotatable bonds is 6. The molecule has 2 rings (SSSR count). The lowest BCUT2D eigenvalue weighted by Gasteiger charge is -2.04. The van der Waals surface area contributed by atoms with Crippen LogP contribution >= 0.6 is 11.8 Å². The van der Waals surface area contributed by atoms with E-state index in [-0.39, 0.29) is 0 Å². The van der Waals surface area contributed by atoms with Gasteiger partial charge in [0.1, 0.15) is 5.76 Å². The lowest BCUT2D eigenvalue weighted by molar-refractivity contribution is 0.527. The van der Waals surface area contributed by atoms with Gasteiger partial charge in [-0.05, 0) is 18.6 Å². The summed E-state index contributed by atoms with van der Waals surface area (Å²) in [4.78, 5) is 1.24. The molecule has 1 heterocycles. The van der Waals surface area contributed by atoms with Gasteiger partial charge in [0.25, 0.3) is 0 Å². The molecule has 0 saturated heterocycles. The molecule has 1 aromatic heterocycles. The first-order chi connectivity index (χ1) is 8.36. The van der Waals surface area contributed by atoms with Crippen LogP contribution in [0.1, 0.15) is 11.3 Å². The van der Waals surface area contributed by atoms with Crippen molar-refractivity contribution in [2.24, 2.45) is 0 Å². The molecule has 1 aromatic carbocycles. The van der Waals surface area contributed by atoms with Crippen LogP contribution in [0.2, 0.25) is 0 Å². The average Bonchev–Trinajstić information content (AvgIpc) is 2.76. The molecule has 0 aliphatic heterocycles. The average molecular weight is 247 g/mol. The van der Waals surface area contributed by atoms with Gasteiger partial charge in [-0.1, -0.05) is 30.3 Å². The van der Waals surface area contributed by atoms with E-state index >= 15 is 0 Å². The van der Waals surface area contributed by atoms with Gasteiger partial charge in [0.05, 0.1) is 6.26 Å². The van der Waals surface area contributed by atoms with Crippen LogP contribution in [-0.2, 0) is 6.54 Å². The topological polar surface area (TPSA) is 25.2 Å². The normalized spacial score (nSPS) is 10.6. The second kappa shape index (κ2) is 6.52. The Morgan fingerprint density at radius 3 is 2.71 bits per heavy atom. The minimum absolute atomic E-state index is 0.936. The van der Waals surface area contributed by atoms with E-state index in [1.54, 1.807) is 6.26 Å². The van der Waals surface area contributed by atoms with Crippen LogP contribution in [0.15, 0.2) is 52.0 Å². The molecule has 0 unspecified atom stereocenters. The first kappa shape index (κ1) is 12.3. The zero-order chi connectivity index (χ0) is 11.9. The molecular formula is C14H17NOS. The summed E-state index contributed by atoms with van der Waals surface area (Å²) in [5.74, 6) is 2.07. The van der Waals surface area contributed by atoms with E-state index in [2.05, 4.69) is 29.6 Å². The maximum atomic E-state index is 5.25. The highest BCUT2D eigenvalue weighted by Gasteiger charge is 2.00. The standard InChI is InChI=1S/C14H17NOS/c1-12-14(7-9-16-12)17-10-8-15-11-13-5-3-2-4-6-13/h2-7,9,15H,8,10-11H2,1H3. The first-order valence-corrected chi connectivity index (χ1v) is 6.76. The molecule has 0 fully saturated rings. The predicted molar refractivity (Wildman–Crippen MR) is 72.3 cm³/mol. The van der Waals surface area contributed by atoms with Crippen molar-refractivity contribution < 1.29 is 4.42 Å². The summed E-state index contributed by atoms with van der Waals surface area (Å²) in [6.07, 6.45) is 1.75. The van der Waals surface area contributed by atoms with Crippen LogP contribution in [0.3, 0.4) is 0 Å². The number of aryl methyl sites for hydroxylation is 1. The van der Waals surface area contributed by atoms with Crippen LogP contribution < -0.4 is 5.32 Å². The lowest BCUT2D eigenvalue weighted by Crippen LogP contribution is -2.16. The molecular weight excluding hydrogens is 230 g/mol. The van der Waals surface area contributed by atoms with E-state index in [0.717, 1.165) is 24.6 Å². The van der Waals surface area contributed by atoms with Gasteiger partial charge in [-0.25, -0.2) is 0 Å². The quantitative estimate of drug-likeness (QED) is 0.625. The largest absolute Gasteiger partial charge is 0.468 e. The van der Waals surface area contributed by atoms with Crippen LogP contribution in [0, 0.1) is 6.92 Å². The minimum atomic E-state index is 0.936. The molecule has 17 heavy (non-hydrogen) atoms. The van der Waals surface area contributed by atoms with Crippen molar-refractivity contribution in [1.82, 2.24) is 5.32 Å². The Morgan fingerprint density at radius 1 is 1.18 bits per heavy atom. The van der Waals surface area contributed by atoms with E-state index in [1.807, 2.05) is 30.8 Å². The number of hydrogen-bond donors (Lipinski definition) is 1. The summed E-state index contributed by atoms with van der Waals surface area (Å²) in [7, 11) is 0. The summed E-state index contributed by atoms with van der Waals surface area (Å²) in [5, 5.41) is 3.43. The molecule has 2 nitrogen and oxygen atoms in total. The zero-order valence-electron chi connectivity index (χ0n) is 9.98. The third-order valence-corrected chi connectivity index (χ3v) is 3.66. The fourth-order valence-electron chi connectivity index (χ4n) is 1.58. The lowest BCUT2D eigenvalue weighted by atomic mass is 10.2. The van der Waals surface area contributed by atoms with Gasteiger partial charge < -0.3 is 9.73 Å². The van der Waals surface area contributed by atoms with Crippen molar-refractivity contribution >= 4 is 11.8 Å². The second-order valence-electron chi connectivity index (χ2n) is 3.85. The predicted octanol–water partition coefficient (Wildman–Crippen LogP) is 3.47. The summed E-state index contributed by atoms with van der Waals surface area (Å²) >= 11 is 1.83. The van der Waals surface area contributed by atoms with Gasteiger partial charge in [-0.15, -0.1) is 11.8 Å². The maximum absolute atomic E-state index is 5.25. The van der Waals surface area contributed by atoms with Gasteiger partial charge in [-0.2, -0.15) is 0 Å². The number of thioether (sulfide) groups is 1. The molecule has 0 saturated carbocycles. The van der Waals surface area contributed by atoms with E-state index in [1.165, 1.54) is 10.5 Å². The molecule has 0 atom stereocenters. The smallest absolute Gasteiger partial charge is 0.114 e. The Bertz CT molecular complexity index is 438. The Hall–Kier alpha value is -1.19. The van der Waals surface area contributed by atoms with Crippen LogP contribution in [0.4, 0.5) is 0 Å². The van der Waals surface area contributed by atoms with E-state index < -0.39 is 0 Å². The summed E-state index contributed by atoms with van der Waals surface area (Å²) in [5.41, 5.74) is 1.33. The monoisotopic (exact) mass is 247 g/mol. The highest BCUT2D eigenvalue weighted by atomic mass is 32.2. The fourth-order valence-corrected chi connectivity index (χ4v) is 2.45. The van der Waals surface area contributed by atoms with Crippen LogP contribution in [0.25, 0.3) is 0 Å². The molecule has 0 bridgehead atoms. The van der Waals surface area contributed by atoms with Gasteiger partial charge in [0.15, 0.2) is 0 Å². The van der Waals surface area contributed by atoms with E-state index in [0.29, 0.717) is 0 Å². The third-order valence-electron chi connectivity index (χ3n) is 2.52. The molecule has 0 amide bonds. The SMILES string of the molecule is Cc1occc1SCCNCc1ccccc1. The molecule has 0 aliphatic rings. The van der Waals surface area contributed by atoms with Gasteiger partial charge in [0.2, 0.25) is 0 Å². The fraction of sp³-hybridized carbons (Fsp3) is 0.286. The molecule has 1 N–H and O–H groups in total. The van der Waals surface area contributed by atoms with Crippen LogP contribution in [-0.4, -0.2) is 12.3 Å². The van der Waals surface area contributed by atoms with E-state index in [4.69, 9.17) is 4.42 Å². The maximum Gasteiger partial charge on any atom is 0.114 e. The van der Waals surface area contributed by atoms with Gasteiger partial charge in [0, 0.05) is 23.7 Å². The second-order valence-corrected chi connectivity index (χ2v) is 4.99. The molecule has 90 valence electrons. The highest BCUT2D eigenvalue weighted by Crippen LogP contribution is 2.22. The third kappa shape index (κ3) is 3.95. The molecule has 0 spiro atoms. The van der Waals surface area contributed by atoms with Crippen molar-refractivity contribution in [3.63, 3.8) is 0 Å². The summed E-state index contributed by atoms with van der Waals surface area (Å²) in [6, 6.07) is 12.5. The Morgan fingerprint density at radius 2 is 2.00 bits per heavy atom. The highest BCUT2D eigenvalue weighted by molar-refractivity contribution is 7.99. The van der Waals surface area contributed by atoms with Crippen molar-refractivity contribution in [1.29, 1.82) is 0 Å². The number of furan rings is 1. The Kier molecular flexibility index (Phi) is 4.71. The number of hydrogen-bond acceptors (Lipinski definition) is 3. The van der Waals surface area contributed by atoms with Crippen molar-refractivity contribution in [3.05, 3.63) is 54.0 Å². The molecule has 0 radical (unpaired) electrons. The number of nitrogens with one attached hydrogen (secondary N) is 1. The Balaban J connectivity index is 1.63. The van der Waals surface area contributed by atoms with Crippen molar-refractivity contribution in [3.8, 4) is 0 Å². The molecule has 2 aromatic rings. The minimum Gasteiger partial charge on any atom is -0.468 e. The summed E-state index contributed by atoms with van der Waals surface area (Å²) in [6.45, 7) is 3.94. The van der Waals surface area contributed by atoms with Gasteiger partial charge in [-0.3, -0.25) is 0 Å². The number of benzene rings is 1. The summed E-state index contributed by atoms with van der Waals surface area (Å²) < 4.78 is 5.25. The van der Waals surface area contributed by atoms with Gasteiger partial charge >= 0.3 is 0 Å². The van der Waals surface area contributed by atoms with Crippen LogP contribution in [0.5, 0.6) is 0 Å². The Labute approximate surface area is 106 Å². The first-order valence-electron chi connectivity index (χ1n) is 5.78. The van der Waals surface area contributed by atoms with E-state index in [9.17, 15) is 0 Å².